The molecular weight excluding hydrogens is 592 g/mol. The van der Waals surface area contributed by atoms with Crippen molar-refractivity contribution in [3.63, 3.8) is 0 Å². The van der Waals surface area contributed by atoms with Crippen LogP contribution >= 0.6 is 0 Å². The van der Waals surface area contributed by atoms with Crippen molar-refractivity contribution in [1.29, 1.82) is 0 Å². The van der Waals surface area contributed by atoms with Crippen molar-refractivity contribution in [2.45, 2.75) is 158 Å². The molecule has 10 nitrogen and oxygen atoms in total. The highest BCUT2D eigenvalue weighted by atomic mass is 16.8. The third-order valence-electron chi connectivity index (χ3n) is 8.35. The summed E-state index contributed by atoms with van der Waals surface area (Å²) in [5.74, 6) is -1.81. The number of carboxylic acid groups (broad SMARTS) is 2. The lowest BCUT2D eigenvalue weighted by Crippen LogP contribution is -2.27. The number of rotatable bonds is 26. The SMILES string of the molecule is CCCCC(CC)COC(C)OC(C)OC(C)c1ccc(C(=O)O)c(C(=O)O)c1C(C)OC(C)OC(C)OCC(CC)CCCC. The van der Waals surface area contributed by atoms with Gasteiger partial charge in [0, 0.05) is 5.56 Å². The average Bonchev–Trinajstić information content (AvgIpc) is 2.99. The van der Waals surface area contributed by atoms with Gasteiger partial charge in [-0.05, 0) is 77.8 Å². The molecule has 0 spiro atoms. The highest BCUT2D eigenvalue weighted by Crippen LogP contribution is 2.35. The molecule has 1 aromatic carbocycles. The third kappa shape index (κ3) is 14.8. The molecule has 1 aromatic rings. The molecule has 10 heteroatoms. The van der Waals surface area contributed by atoms with Crippen LogP contribution in [0.2, 0.25) is 0 Å². The summed E-state index contributed by atoms with van der Waals surface area (Å²) in [5, 5.41) is 20.0. The van der Waals surface area contributed by atoms with Gasteiger partial charge in [-0.1, -0.05) is 72.3 Å². The van der Waals surface area contributed by atoms with E-state index in [9.17, 15) is 19.8 Å². The largest absolute Gasteiger partial charge is 0.478 e. The van der Waals surface area contributed by atoms with E-state index in [1.165, 1.54) is 6.07 Å². The van der Waals surface area contributed by atoms with Crippen LogP contribution in [0.5, 0.6) is 0 Å². The van der Waals surface area contributed by atoms with Crippen molar-refractivity contribution in [2.75, 3.05) is 13.2 Å². The monoisotopic (exact) mass is 654 g/mol. The highest BCUT2D eigenvalue weighted by molar-refractivity contribution is 6.03. The van der Waals surface area contributed by atoms with Gasteiger partial charge in [-0.2, -0.15) is 0 Å². The number of carbonyl (C=O) groups is 2. The summed E-state index contributed by atoms with van der Waals surface area (Å²) < 4.78 is 36.0. The van der Waals surface area contributed by atoms with E-state index >= 15 is 0 Å². The minimum atomic E-state index is -1.38. The predicted octanol–water partition coefficient (Wildman–Crippen LogP) is 9.12. The zero-order valence-electron chi connectivity index (χ0n) is 30.0. The summed E-state index contributed by atoms with van der Waals surface area (Å²) in [5.41, 5.74) is -0.0126. The number of aromatic carboxylic acids is 2. The van der Waals surface area contributed by atoms with E-state index in [0.29, 0.717) is 30.6 Å². The maximum atomic E-state index is 12.5. The van der Waals surface area contributed by atoms with Gasteiger partial charge >= 0.3 is 11.9 Å². The van der Waals surface area contributed by atoms with Gasteiger partial charge in [-0.25, -0.2) is 9.59 Å². The number of hydrogen-bond acceptors (Lipinski definition) is 8. The first-order valence-electron chi connectivity index (χ1n) is 17.3. The Morgan fingerprint density at radius 3 is 1.48 bits per heavy atom. The Labute approximate surface area is 277 Å². The second kappa shape index (κ2) is 22.5. The maximum Gasteiger partial charge on any atom is 0.336 e. The van der Waals surface area contributed by atoms with E-state index in [1.807, 2.05) is 6.92 Å². The van der Waals surface area contributed by atoms with E-state index in [0.717, 1.165) is 51.4 Å². The summed E-state index contributed by atoms with van der Waals surface area (Å²) in [4.78, 5) is 24.5. The molecule has 0 amide bonds. The van der Waals surface area contributed by atoms with E-state index < -0.39 is 49.3 Å². The van der Waals surface area contributed by atoms with Gasteiger partial charge in [-0.3, -0.25) is 0 Å². The fraction of sp³-hybridized carbons (Fsp3) is 0.778. The minimum Gasteiger partial charge on any atom is -0.478 e. The third-order valence-corrected chi connectivity index (χ3v) is 8.35. The van der Waals surface area contributed by atoms with Crippen LogP contribution in [0.3, 0.4) is 0 Å². The van der Waals surface area contributed by atoms with Crippen molar-refractivity contribution in [1.82, 2.24) is 0 Å². The molecule has 0 heterocycles. The smallest absolute Gasteiger partial charge is 0.336 e. The summed E-state index contributed by atoms with van der Waals surface area (Å²) >= 11 is 0. The van der Waals surface area contributed by atoms with Crippen LogP contribution < -0.4 is 0 Å². The molecule has 8 unspecified atom stereocenters. The van der Waals surface area contributed by atoms with E-state index in [1.54, 1.807) is 40.7 Å². The number of carboxylic acids is 2. The van der Waals surface area contributed by atoms with Crippen LogP contribution in [0.25, 0.3) is 0 Å². The quantitative estimate of drug-likeness (QED) is 0.0933. The summed E-state index contributed by atoms with van der Waals surface area (Å²) in [6, 6.07) is 2.86. The number of ether oxygens (including phenoxy) is 6. The first-order chi connectivity index (χ1) is 21.8. The lowest BCUT2D eigenvalue weighted by atomic mass is 9.90. The maximum absolute atomic E-state index is 12.5. The first-order valence-corrected chi connectivity index (χ1v) is 17.3. The molecule has 0 aromatic heterocycles. The molecule has 0 saturated carbocycles. The second-order valence-electron chi connectivity index (χ2n) is 12.2. The standard InChI is InChI=1S/C36H62O10/c1-11-15-17-29(13-3)21-41-25(7)45-27(9)43-23(5)31-19-20-32(35(37)38)34(36(39)40)33(31)24(6)44-28(10)46-26(8)42-22-30(14-4)18-16-12-2/h19-20,23-30H,11-18,21-22H2,1-10H3,(H,37,38)(H,39,40). The topological polar surface area (TPSA) is 130 Å². The average molecular weight is 655 g/mol. The Kier molecular flexibility index (Phi) is 20.5. The van der Waals surface area contributed by atoms with Gasteiger partial charge in [0.1, 0.15) is 0 Å². The molecule has 46 heavy (non-hydrogen) atoms. The van der Waals surface area contributed by atoms with Crippen LogP contribution in [0, 0.1) is 11.8 Å². The van der Waals surface area contributed by atoms with Gasteiger partial charge in [0.25, 0.3) is 0 Å². The molecule has 0 aliphatic carbocycles. The molecule has 0 radical (unpaired) electrons. The molecule has 1 rings (SSSR count). The van der Waals surface area contributed by atoms with Crippen LogP contribution in [0.4, 0.5) is 0 Å². The van der Waals surface area contributed by atoms with Crippen LogP contribution in [0.15, 0.2) is 12.1 Å². The van der Waals surface area contributed by atoms with Crippen molar-refractivity contribution in [2.24, 2.45) is 11.8 Å². The van der Waals surface area contributed by atoms with E-state index in [-0.39, 0.29) is 16.7 Å². The van der Waals surface area contributed by atoms with Gasteiger partial charge in [0.2, 0.25) is 0 Å². The lowest BCUT2D eigenvalue weighted by Gasteiger charge is -2.29. The Hall–Kier alpha value is -2.08. The molecule has 0 fully saturated rings. The molecule has 0 aliphatic heterocycles. The first kappa shape index (κ1) is 41.9. The highest BCUT2D eigenvalue weighted by Gasteiger charge is 2.30. The Balaban J connectivity index is 3.07. The lowest BCUT2D eigenvalue weighted by molar-refractivity contribution is -0.250. The molecule has 0 saturated heterocycles. The second-order valence-corrected chi connectivity index (χ2v) is 12.2. The Morgan fingerprint density at radius 2 is 1.09 bits per heavy atom. The van der Waals surface area contributed by atoms with Crippen molar-refractivity contribution in [3.8, 4) is 0 Å². The van der Waals surface area contributed by atoms with Crippen LogP contribution in [-0.4, -0.2) is 60.5 Å². The van der Waals surface area contributed by atoms with Gasteiger partial charge in [-0.15, -0.1) is 0 Å². The summed E-state index contributed by atoms with van der Waals surface area (Å²) in [7, 11) is 0. The van der Waals surface area contributed by atoms with Crippen molar-refractivity contribution in [3.05, 3.63) is 34.4 Å². The number of unbranched alkanes of at least 4 members (excludes halogenated alkanes) is 2. The van der Waals surface area contributed by atoms with Gasteiger partial charge in [0.05, 0.1) is 36.5 Å². The zero-order chi connectivity index (χ0) is 34.8. The number of benzene rings is 1. The fourth-order valence-electron chi connectivity index (χ4n) is 5.57. The normalized spacial score (nSPS) is 17.1. The van der Waals surface area contributed by atoms with Crippen molar-refractivity contribution >= 4 is 11.9 Å². The summed E-state index contributed by atoms with van der Waals surface area (Å²) in [6.07, 6.45) is 4.80. The fourth-order valence-corrected chi connectivity index (χ4v) is 5.57. The van der Waals surface area contributed by atoms with Crippen molar-refractivity contribution < 1.29 is 48.2 Å². The van der Waals surface area contributed by atoms with E-state index in [4.69, 9.17) is 28.4 Å². The molecule has 8 atom stereocenters. The Bertz CT molecular complexity index is 1010. The van der Waals surface area contributed by atoms with E-state index in [2.05, 4.69) is 27.7 Å². The van der Waals surface area contributed by atoms with Gasteiger partial charge < -0.3 is 38.6 Å². The number of hydrogen-bond donors (Lipinski definition) is 2. The summed E-state index contributed by atoms with van der Waals surface area (Å²) in [6.45, 7) is 20.3. The Morgan fingerprint density at radius 1 is 0.630 bits per heavy atom. The molecule has 0 bridgehead atoms. The molecule has 266 valence electrons. The molecular formula is C36H62O10. The zero-order valence-corrected chi connectivity index (χ0v) is 30.0. The van der Waals surface area contributed by atoms with Gasteiger partial charge in [0.15, 0.2) is 25.2 Å². The molecule has 0 aliphatic rings. The molecule has 2 N–H and O–H groups in total. The minimum absolute atomic E-state index is 0.202. The van der Waals surface area contributed by atoms with Crippen LogP contribution in [0.1, 0.15) is 165 Å². The predicted molar refractivity (Wildman–Crippen MR) is 178 cm³/mol. The van der Waals surface area contributed by atoms with Crippen LogP contribution in [-0.2, 0) is 28.4 Å².